The highest BCUT2D eigenvalue weighted by Crippen LogP contribution is 2.33. The normalized spacial score (nSPS) is 13.8. The molecule has 0 aliphatic rings. The summed E-state index contributed by atoms with van der Waals surface area (Å²) in [6.45, 7) is 1.82. The van der Waals surface area contributed by atoms with Gasteiger partial charge >= 0.3 is 11.9 Å². The second-order valence-electron chi connectivity index (χ2n) is 4.35. The van der Waals surface area contributed by atoms with E-state index >= 15 is 0 Å². The molecule has 0 aromatic heterocycles. The standard InChI is InChI=1S/C14H18O4/c1-2-14(13(17)18,10-6-9-12(15)16)11-7-4-3-5-8-11/h3-5,7-8H,2,6,9-10H2,1H3,(H,15,16)(H,17,18). The highest BCUT2D eigenvalue weighted by Gasteiger charge is 2.37. The summed E-state index contributed by atoms with van der Waals surface area (Å²) in [6.07, 6.45) is 1.16. The Bertz CT molecular complexity index is 413. The molecule has 0 fully saturated rings. The van der Waals surface area contributed by atoms with Crippen LogP contribution >= 0.6 is 0 Å². The maximum absolute atomic E-state index is 11.6. The Morgan fingerprint density at radius 1 is 1.17 bits per heavy atom. The second-order valence-corrected chi connectivity index (χ2v) is 4.35. The van der Waals surface area contributed by atoms with Crippen LogP contribution in [0.15, 0.2) is 30.3 Å². The number of carboxylic acids is 2. The van der Waals surface area contributed by atoms with Crippen molar-refractivity contribution in [2.24, 2.45) is 0 Å². The van der Waals surface area contributed by atoms with Crippen molar-refractivity contribution >= 4 is 11.9 Å². The van der Waals surface area contributed by atoms with Gasteiger partial charge in [0.2, 0.25) is 0 Å². The topological polar surface area (TPSA) is 74.6 Å². The summed E-state index contributed by atoms with van der Waals surface area (Å²) >= 11 is 0. The molecular weight excluding hydrogens is 232 g/mol. The fourth-order valence-electron chi connectivity index (χ4n) is 2.21. The van der Waals surface area contributed by atoms with Crippen LogP contribution in [0.4, 0.5) is 0 Å². The van der Waals surface area contributed by atoms with Gasteiger partial charge in [-0.05, 0) is 24.8 Å². The van der Waals surface area contributed by atoms with Crippen molar-refractivity contribution in [3.05, 3.63) is 35.9 Å². The molecule has 0 saturated carbocycles. The zero-order chi connectivity index (χ0) is 13.6. The molecule has 0 aliphatic carbocycles. The molecule has 0 amide bonds. The monoisotopic (exact) mass is 250 g/mol. The molecule has 1 atom stereocenters. The van der Waals surface area contributed by atoms with Gasteiger partial charge in [-0.1, -0.05) is 37.3 Å². The first-order valence-corrected chi connectivity index (χ1v) is 6.03. The summed E-state index contributed by atoms with van der Waals surface area (Å²) in [5.74, 6) is -1.78. The van der Waals surface area contributed by atoms with Gasteiger partial charge in [-0.15, -0.1) is 0 Å². The molecule has 1 unspecified atom stereocenters. The van der Waals surface area contributed by atoms with Crippen LogP contribution in [0.2, 0.25) is 0 Å². The lowest BCUT2D eigenvalue weighted by molar-refractivity contribution is -0.145. The van der Waals surface area contributed by atoms with Gasteiger partial charge in [-0.3, -0.25) is 9.59 Å². The van der Waals surface area contributed by atoms with E-state index in [9.17, 15) is 14.7 Å². The molecule has 1 rings (SSSR count). The van der Waals surface area contributed by atoms with E-state index in [1.54, 1.807) is 24.3 Å². The zero-order valence-corrected chi connectivity index (χ0v) is 10.4. The number of rotatable bonds is 7. The Balaban J connectivity index is 2.95. The molecule has 18 heavy (non-hydrogen) atoms. The first kappa shape index (κ1) is 14.2. The van der Waals surface area contributed by atoms with Crippen LogP contribution in [0.1, 0.15) is 38.2 Å². The molecule has 1 aromatic rings. The van der Waals surface area contributed by atoms with E-state index < -0.39 is 17.4 Å². The molecule has 1 aromatic carbocycles. The third kappa shape index (κ3) is 3.09. The molecule has 0 radical (unpaired) electrons. The smallest absolute Gasteiger partial charge is 0.314 e. The van der Waals surface area contributed by atoms with Crippen LogP contribution in [0.3, 0.4) is 0 Å². The van der Waals surface area contributed by atoms with Gasteiger partial charge in [-0.25, -0.2) is 0 Å². The third-order valence-corrected chi connectivity index (χ3v) is 3.33. The molecule has 0 bridgehead atoms. The molecule has 4 nitrogen and oxygen atoms in total. The minimum Gasteiger partial charge on any atom is -0.481 e. The third-order valence-electron chi connectivity index (χ3n) is 3.33. The van der Waals surface area contributed by atoms with Gasteiger partial charge in [0.15, 0.2) is 0 Å². The summed E-state index contributed by atoms with van der Waals surface area (Å²) in [4.78, 5) is 22.1. The Morgan fingerprint density at radius 3 is 2.22 bits per heavy atom. The largest absolute Gasteiger partial charge is 0.481 e. The fourth-order valence-corrected chi connectivity index (χ4v) is 2.21. The van der Waals surface area contributed by atoms with Gasteiger partial charge in [0.25, 0.3) is 0 Å². The molecule has 98 valence electrons. The van der Waals surface area contributed by atoms with E-state index in [1.807, 2.05) is 13.0 Å². The number of carboxylic acid groups (broad SMARTS) is 2. The average molecular weight is 250 g/mol. The van der Waals surface area contributed by atoms with Crippen LogP contribution in [0, 0.1) is 0 Å². The minimum absolute atomic E-state index is 0.00185. The van der Waals surface area contributed by atoms with Crippen molar-refractivity contribution in [2.45, 2.75) is 38.0 Å². The number of hydrogen-bond acceptors (Lipinski definition) is 2. The maximum Gasteiger partial charge on any atom is 0.314 e. The van der Waals surface area contributed by atoms with Gasteiger partial charge < -0.3 is 10.2 Å². The van der Waals surface area contributed by atoms with Gasteiger partial charge in [-0.2, -0.15) is 0 Å². The van der Waals surface area contributed by atoms with E-state index in [2.05, 4.69) is 0 Å². The van der Waals surface area contributed by atoms with E-state index in [-0.39, 0.29) is 6.42 Å². The van der Waals surface area contributed by atoms with Crippen LogP contribution in [0.25, 0.3) is 0 Å². The van der Waals surface area contributed by atoms with E-state index in [1.165, 1.54) is 0 Å². The van der Waals surface area contributed by atoms with E-state index in [0.29, 0.717) is 19.3 Å². The summed E-state index contributed by atoms with van der Waals surface area (Å²) < 4.78 is 0. The van der Waals surface area contributed by atoms with Crippen molar-refractivity contribution in [3.8, 4) is 0 Å². The lowest BCUT2D eigenvalue weighted by Gasteiger charge is -2.28. The Hall–Kier alpha value is -1.84. The highest BCUT2D eigenvalue weighted by molar-refractivity contribution is 5.81. The van der Waals surface area contributed by atoms with Crippen molar-refractivity contribution in [3.63, 3.8) is 0 Å². The van der Waals surface area contributed by atoms with Crippen LogP contribution in [-0.2, 0) is 15.0 Å². The van der Waals surface area contributed by atoms with Gasteiger partial charge in [0.1, 0.15) is 0 Å². The Labute approximate surface area is 106 Å². The predicted molar refractivity (Wildman–Crippen MR) is 67.5 cm³/mol. The first-order valence-electron chi connectivity index (χ1n) is 6.03. The molecule has 2 N–H and O–H groups in total. The molecule has 4 heteroatoms. The molecular formula is C14H18O4. The number of carbonyl (C=O) groups is 2. The lowest BCUT2D eigenvalue weighted by Crippen LogP contribution is -2.35. The summed E-state index contributed by atoms with van der Waals surface area (Å²) in [5, 5.41) is 18.1. The predicted octanol–water partition coefficient (Wildman–Crippen LogP) is 2.67. The van der Waals surface area contributed by atoms with E-state index in [4.69, 9.17) is 5.11 Å². The molecule has 0 heterocycles. The molecule has 0 saturated heterocycles. The molecule has 0 aliphatic heterocycles. The van der Waals surface area contributed by atoms with Crippen LogP contribution in [-0.4, -0.2) is 22.2 Å². The van der Waals surface area contributed by atoms with Crippen molar-refractivity contribution in [1.29, 1.82) is 0 Å². The van der Waals surface area contributed by atoms with Crippen molar-refractivity contribution < 1.29 is 19.8 Å². The first-order chi connectivity index (χ1) is 8.53. The van der Waals surface area contributed by atoms with Crippen molar-refractivity contribution in [1.82, 2.24) is 0 Å². The minimum atomic E-state index is -0.975. The van der Waals surface area contributed by atoms with Gasteiger partial charge in [0.05, 0.1) is 5.41 Å². The second kappa shape index (κ2) is 6.19. The molecule has 0 spiro atoms. The van der Waals surface area contributed by atoms with Gasteiger partial charge in [0, 0.05) is 6.42 Å². The maximum atomic E-state index is 11.6. The average Bonchev–Trinajstić information content (AvgIpc) is 2.35. The summed E-state index contributed by atoms with van der Waals surface area (Å²) in [5.41, 5.74) is -0.234. The quantitative estimate of drug-likeness (QED) is 0.780. The SMILES string of the molecule is CCC(CCCC(=O)O)(C(=O)O)c1ccccc1. The summed E-state index contributed by atoms with van der Waals surface area (Å²) in [7, 11) is 0. The lowest BCUT2D eigenvalue weighted by atomic mass is 9.74. The zero-order valence-electron chi connectivity index (χ0n) is 10.4. The fraction of sp³-hybridized carbons (Fsp3) is 0.429. The van der Waals surface area contributed by atoms with E-state index in [0.717, 1.165) is 5.56 Å². The summed E-state index contributed by atoms with van der Waals surface area (Å²) in [6, 6.07) is 9.03. The van der Waals surface area contributed by atoms with Crippen molar-refractivity contribution in [2.75, 3.05) is 0 Å². The number of hydrogen-bond donors (Lipinski definition) is 2. The Morgan fingerprint density at radius 2 is 1.78 bits per heavy atom. The van der Waals surface area contributed by atoms with Crippen LogP contribution in [0.5, 0.6) is 0 Å². The highest BCUT2D eigenvalue weighted by atomic mass is 16.4. The number of benzene rings is 1. The van der Waals surface area contributed by atoms with Crippen LogP contribution < -0.4 is 0 Å². The number of aliphatic carboxylic acids is 2. The Kier molecular flexibility index (Phi) is 4.89.